The molecule has 6 heteroatoms. The van der Waals surface area contributed by atoms with Crippen LogP contribution < -0.4 is 10.9 Å². The number of hydrogen-bond acceptors (Lipinski definition) is 4. The lowest BCUT2D eigenvalue weighted by atomic mass is 10.0. The molecule has 0 saturated carbocycles. The maximum atomic E-state index is 13.5. The van der Waals surface area contributed by atoms with Gasteiger partial charge in [0.05, 0.1) is 11.7 Å². The van der Waals surface area contributed by atoms with Crippen LogP contribution in [-0.4, -0.2) is 15.5 Å². The van der Waals surface area contributed by atoms with E-state index in [0.717, 1.165) is 38.4 Å². The summed E-state index contributed by atoms with van der Waals surface area (Å²) in [4.78, 5) is 32.7. The second kappa shape index (κ2) is 8.12. The quantitative estimate of drug-likeness (QED) is 0.460. The molecule has 2 aromatic heterocycles. The van der Waals surface area contributed by atoms with E-state index in [2.05, 4.69) is 10.3 Å². The molecule has 1 atom stereocenters. The normalized spacial score (nSPS) is 12.2. The second-order valence-corrected chi connectivity index (χ2v) is 9.15. The van der Waals surface area contributed by atoms with Crippen molar-refractivity contribution >= 4 is 33.1 Å². The van der Waals surface area contributed by atoms with Crippen molar-refractivity contribution in [3.63, 3.8) is 0 Å². The molecular weight excluding hydrogens is 406 g/mol. The zero-order valence-corrected chi connectivity index (χ0v) is 19.1. The van der Waals surface area contributed by atoms with Crippen molar-refractivity contribution in [2.75, 3.05) is 5.32 Å². The van der Waals surface area contributed by atoms with Crippen LogP contribution in [0, 0.1) is 27.7 Å². The van der Waals surface area contributed by atoms with Crippen LogP contribution in [0.25, 0.3) is 21.3 Å². The molecule has 0 saturated heterocycles. The highest BCUT2D eigenvalue weighted by Gasteiger charge is 2.22. The highest BCUT2D eigenvalue weighted by molar-refractivity contribution is 7.19. The molecule has 0 aliphatic rings. The van der Waals surface area contributed by atoms with E-state index in [9.17, 15) is 9.59 Å². The summed E-state index contributed by atoms with van der Waals surface area (Å²) in [6, 6.07) is 13.2. The summed E-state index contributed by atoms with van der Waals surface area (Å²) in [7, 11) is 0. The number of nitrogens with one attached hydrogen (secondary N) is 1. The van der Waals surface area contributed by atoms with Crippen molar-refractivity contribution in [3.8, 4) is 11.1 Å². The van der Waals surface area contributed by atoms with Gasteiger partial charge < -0.3 is 5.32 Å². The van der Waals surface area contributed by atoms with Crippen LogP contribution in [0.3, 0.4) is 0 Å². The van der Waals surface area contributed by atoms with Crippen molar-refractivity contribution in [1.82, 2.24) is 9.55 Å². The molecule has 0 aliphatic heterocycles. The molecule has 1 N–H and O–H groups in total. The fourth-order valence-corrected chi connectivity index (χ4v) is 4.71. The van der Waals surface area contributed by atoms with E-state index in [4.69, 9.17) is 0 Å². The number of amides is 1. The van der Waals surface area contributed by atoms with Crippen molar-refractivity contribution in [3.05, 3.63) is 80.7 Å². The molecule has 5 nitrogen and oxygen atoms in total. The summed E-state index contributed by atoms with van der Waals surface area (Å²) in [5, 5.41) is 3.53. The first kappa shape index (κ1) is 21.0. The Morgan fingerprint density at radius 1 is 1.06 bits per heavy atom. The van der Waals surface area contributed by atoms with Crippen LogP contribution in [0.4, 0.5) is 5.69 Å². The Morgan fingerprint density at radius 2 is 1.77 bits per heavy atom. The number of nitrogens with zero attached hydrogens (tertiary/aromatic N) is 2. The Balaban J connectivity index is 1.76. The van der Waals surface area contributed by atoms with Crippen LogP contribution in [-0.2, 0) is 4.79 Å². The van der Waals surface area contributed by atoms with Crippen LogP contribution in [0.15, 0.2) is 53.6 Å². The number of rotatable bonds is 4. The first-order valence-corrected chi connectivity index (χ1v) is 11.0. The smallest absolute Gasteiger partial charge is 0.263 e. The lowest BCUT2D eigenvalue weighted by Crippen LogP contribution is -2.32. The van der Waals surface area contributed by atoms with Crippen molar-refractivity contribution in [2.24, 2.45) is 0 Å². The van der Waals surface area contributed by atoms with E-state index in [1.165, 1.54) is 22.2 Å². The van der Waals surface area contributed by atoms with Gasteiger partial charge in [0.25, 0.3) is 5.56 Å². The van der Waals surface area contributed by atoms with Crippen molar-refractivity contribution in [1.29, 1.82) is 0 Å². The second-order valence-electron chi connectivity index (χ2n) is 7.95. The summed E-state index contributed by atoms with van der Waals surface area (Å²) in [6.07, 6.45) is 1.48. The van der Waals surface area contributed by atoms with Gasteiger partial charge in [0, 0.05) is 16.1 Å². The number of thiophene rings is 1. The Morgan fingerprint density at radius 3 is 2.48 bits per heavy atom. The van der Waals surface area contributed by atoms with E-state index in [1.54, 1.807) is 6.92 Å². The van der Waals surface area contributed by atoms with Gasteiger partial charge in [0.1, 0.15) is 10.9 Å². The molecule has 4 aromatic rings. The Hall–Kier alpha value is -3.25. The van der Waals surface area contributed by atoms with E-state index < -0.39 is 6.04 Å². The van der Waals surface area contributed by atoms with Gasteiger partial charge in [-0.15, -0.1) is 11.3 Å². The highest BCUT2D eigenvalue weighted by atomic mass is 32.1. The molecule has 2 aromatic carbocycles. The lowest BCUT2D eigenvalue weighted by molar-refractivity contribution is -0.118. The first-order valence-electron chi connectivity index (χ1n) is 10.2. The molecule has 0 bridgehead atoms. The van der Waals surface area contributed by atoms with E-state index in [0.29, 0.717) is 10.2 Å². The van der Waals surface area contributed by atoms with Gasteiger partial charge >= 0.3 is 0 Å². The topological polar surface area (TPSA) is 64.0 Å². The van der Waals surface area contributed by atoms with E-state index in [1.807, 2.05) is 70.2 Å². The molecular formula is C25H25N3O2S. The zero-order valence-electron chi connectivity index (χ0n) is 18.3. The van der Waals surface area contributed by atoms with Gasteiger partial charge in [-0.2, -0.15) is 0 Å². The average Bonchev–Trinajstić information content (AvgIpc) is 3.08. The molecule has 158 valence electrons. The predicted octanol–water partition coefficient (Wildman–Crippen LogP) is 5.56. The molecule has 0 spiro atoms. The fourth-order valence-electron chi connectivity index (χ4n) is 3.71. The number of aryl methyl sites for hydroxylation is 3. The third-order valence-corrected chi connectivity index (χ3v) is 6.83. The summed E-state index contributed by atoms with van der Waals surface area (Å²) in [5.41, 5.74) is 5.71. The standard InChI is InChI=1S/C25H25N3O2S/c1-14-9-11-19(12-10-14)21-18(5)31-24-22(21)25(30)28(13-26-24)17(4)23(29)27-20-8-6-7-15(2)16(20)3/h6-13,17H,1-5H3,(H,27,29). The van der Waals surface area contributed by atoms with Crippen LogP contribution in [0.1, 0.15) is 34.5 Å². The minimum atomic E-state index is -0.699. The molecule has 31 heavy (non-hydrogen) atoms. The highest BCUT2D eigenvalue weighted by Crippen LogP contribution is 2.35. The Kier molecular flexibility index (Phi) is 5.50. The van der Waals surface area contributed by atoms with Crippen molar-refractivity contribution in [2.45, 2.75) is 40.7 Å². The number of anilines is 1. The molecule has 4 rings (SSSR count). The largest absolute Gasteiger partial charge is 0.324 e. The molecule has 0 radical (unpaired) electrons. The maximum absolute atomic E-state index is 13.5. The maximum Gasteiger partial charge on any atom is 0.263 e. The Labute approximate surface area is 185 Å². The number of aromatic nitrogens is 2. The Bertz CT molecular complexity index is 1350. The molecule has 0 fully saturated rings. The third kappa shape index (κ3) is 3.79. The predicted molar refractivity (Wildman–Crippen MR) is 128 cm³/mol. The van der Waals surface area contributed by atoms with Gasteiger partial charge in [0.15, 0.2) is 0 Å². The summed E-state index contributed by atoms with van der Waals surface area (Å²) < 4.78 is 1.42. The van der Waals surface area contributed by atoms with Crippen LogP contribution >= 0.6 is 11.3 Å². The van der Waals surface area contributed by atoms with Gasteiger partial charge in [-0.1, -0.05) is 42.0 Å². The van der Waals surface area contributed by atoms with E-state index in [-0.39, 0.29) is 11.5 Å². The summed E-state index contributed by atoms with van der Waals surface area (Å²) >= 11 is 1.50. The summed E-state index contributed by atoms with van der Waals surface area (Å²) in [5.74, 6) is -0.249. The van der Waals surface area contributed by atoms with Gasteiger partial charge in [-0.3, -0.25) is 14.2 Å². The van der Waals surface area contributed by atoms with Crippen LogP contribution in [0.2, 0.25) is 0 Å². The molecule has 2 heterocycles. The lowest BCUT2D eigenvalue weighted by Gasteiger charge is -2.17. The van der Waals surface area contributed by atoms with E-state index >= 15 is 0 Å². The molecule has 1 amide bonds. The number of carbonyl (C=O) groups excluding carboxylic acids is 1. The first-order chi connectivity index (χ1) is 14.8. The SMILES string of the molecule is Cc1ccc(-c2c(C)sc3ncn(C(C)C(=O)Nc4cccc(C)c4C)c(=O)c23)cc1. The minimum absolute atomic E-state index is 0.200. The fraction of sp³-hybridized carbons (Fsp3) is 0.240. The number of fused-ring (bicyclic) bond motifs is 1. The number of hydrogen-bond donors (Lipinski definition) is 1. The van der Waals surface area contributed by atoms with Gasteiger partial charge in [-0.05, 0) is 57.4 Å². The van der Waals surface area contributed by atoms with Crippen LogP contribution in [0.5, 0.6) is 0 Å². The summed E-state index contributed by atoms with van der Waals surface area (Å²) in [6.45, 7) is 9.73. The molecule has 0 aliphatic carbocycles. The number of benzene rings is 2. The zero-order chi connectivity index (χ0) is 22.3. The average molecular weight is 432 g/mol. The molecule has 1 unspecified atom stereocenters. The van der Waals surface area contributed by atoms with Crippen molar-refractivity contribution < 1.29 is 4.79 Å². The van der Waals surface area contributed by atoms with Gasteiger partial charge in [0.2, 0.25) is 5.91 Å². The monoisotopic (exact) mass is 431 g/mol. The minimum Gasteiger partial charge on any atom is -0.324 e. The number of carbonyl (C=O) groups is 1. The third-order valence-electron chi connectivity index (χ3n) is 5.81. The van der Waals surface area contributed by atoms with Gasteiger partial charge in [-0.25, -0.2) is 4.98 Å².